The predicted octanol–water partition coefficient (Wildman–Crippen LogP) is 5.79. The molecule has 4 aromatic carbocycles. The van der Waals surface area contributed by atoms with Gasteiger partial charge in [-0.1, -0.05) is 0 Å². The second-order valence-corrected chi connectivity index (χ2v) is 10.5. The third-order valence-electron chi connectivity index (χ3n) is 7.49. The highest BCUT2D eigenvalue weighted by molar-refractivity contribution is 5.87. The molecule has 0 aliphatic heterocycles. The molecule has 0 bridgehead atoms. The van der Waals surface area contributed by atoms with Crippen LogP contribution in [0.5, 0.6) is 57.5 Å². The van der Waals surface area contributed by atoms with E-state index in [1.807, 2.05) is 0 Å². The van der Waals surface area contributed by atoms with Crippen LogP contribution in [0.25, 0.3) is 44.6 Å². The van der Waals surface area contributed by atoms with Crippen molar-refractivity contribution in [3.63, 3.8) is 0 Å². The lowest BCUT2D eigenvalue weighted by atomic mass is 10.1. The molecule has 0 spiro atoms. The number of rotatable bonds is 8. The van der Waals surface area contributed by atoms with Gasteiger partial charge in [0, 0.05) is 47.5 Å². The fourth-order valence-electron chi connectivity index (χ4n) is 5.24. The number of methoxy groups -OCH3 is 6. The monoisotopic (exact) mass is 688 g/mol. The molecule has 6 rings (SSSR count). The molecular weight excluding hydrogens is 656 g/mol. The van der Waals surface area contributed by atoms with Gasteiger partial charge in [0.25, 0.3) is 0 Å². The molecule has 0 saturated carbocycles. The second kappa shape index (κ2) is 14.2. The molecule has 0 aliphatic carbocycles. The fraction of sp³-hybridized carbons (Fsp3) is 0.167. The maximum Gasteiger partial charge on any atom is 0.203 e. The highest BCUT2D eigenvalue weighted by Crippen LogP contribution is 2.43. The summed E-state index contributed by atoms with van der Waals surface area (Å²) < 4.78 is 43.1. The molecule has 4 N–H and O–H groups in total. The largest absolute Gasteiger partial charge is 0.508 e. The molecule has 0 amide bonds. The van der Waals surface area contributed by atoms with Crippen LogP contribution in [0.4, 0.5) is 0 Å². The molecule has 2 aromatic heterocycles. The second-order valence-electron chi connectivity index (χ2n) is 10.5. The van der Waals surface area contributed by atoms with E-state index in [0.717, 1.165) is 12.1 Å². The van der Waals surface area contributed by atoms with Crippen molar-refractivity contribution >= 4 is 21.9 Å². The molecule has 50 heavy (non-hydrogen) atoms. The maximum absolute atomic E-state index is 12.3. The number of aromatic hydroxyl groups is 4. The minimum absolute atomic E-state index is 0.00556. The summed E-state index contributed by atoms with van der Waals surface area (Å²) in [6, 6.07) is 13.7. The Hall–Kier alpha value is -6.70. The summed E-state index contributed by atoms with van der Waals surface area (Å²) in [4.78, 5) is 24.7. The average molecular weight is 689 g/mol. The van der Waals surface area contributed by atoms with E-state index in [0.29, 0.717) is 45.6 Å². The minimum Gasteiger partial charge on any atom is -0.508 e. The first-order chi connectivity index (χ1) is 24.0. The molecule has 6 aromatic rings. The molecular formula is C36H32O14. The molecule has 14 heteroatoms. The summed E-state index contributed by atoms with van der Waals surface area (Å²) in [5, 5.41) is 38.9. The van der Waals surface area contributed by atoms with Crippen LogP contribution in [0.2, 0.25) is 0 Å². The molecule has 0 unspecified atom stereocenters. The number of hydrogen-bond donors (Lipinski definition) is 4. The Morgan fingerprint density at radius 3 is 1.04 bits per heavy atom. The molecule has 260 valence electrons. The lowest BCUT2D eigenvalue weighted by Gasteiger charge is -2.14. The first-order valence-corrected chi connectivity index (χ1v) is 14.6. The van der Waals surface area contributed by atoms with E-state index in [1.54, 1.807) is 24.3 Å². The summed E-state index contributed by atoms with van der Waals surface area (Å²) in [6.07, 6.45) is 0. The number of fused-ring (bicyclic) bond motifs is 2. The van der Waals surface area contributed by atoms with Crippen LogP contribution in [-0.2, 0) is 0 Å². The van der Waals surface area contributed by atoms with Crippen LogP contribution in [-0.4, -0.2) is 63.1 Å². The van der Waals surface area contributed by atoms with E-state index in [4.69, 9.17) is 37.3 Å². The highest BCUT2D eigenvalue weighted by Gasteiger charge is 2.19. The molecule has 2 heterocycles. The summed E-state index contributed by atoms with van der Waals surface area (Å²) in [6.45, 7) is 0. The van der Waals surface area contributed by atoms with Gasteiger partial charge in [0.1, 0.15) is 56.5 Å². The van der Waals surface area contributed by atoms with Crippen LogP contribution in [0.1, 0.15) is 0 Å². The van der Waals surface area contributed by atoms with Gasteiger partial charge in [0.05, 0.1) is 42.7 Å². The third kappa shape index (κ3) is 6.54. The van der Waals surface area contributed by atoms with E-state index in [2.05, 4.69) is 0 Å². The summed E-state index contributed by atoms with van der Waals surface area (Å²) >= 11 is 0. The summed E-state index contributed by atoms with van der Waals surface area (Å²) in [7, 11) is 8.90. The van der Waals surface area contributed by atoms with Gasteiger partial charge in [-0.05, 0) is 24.3 Å². The smallest absolute Gasteiger partial charge is 0.203 e. The normalized spacial score (nSPS) is 10.7. The molecule has 0 aliphatic rings. The van der Waals surface area contributed by atoms with Gasteiger partial charge in [-0.15, -0.1) is 0 Å². The van der Waals surface area contributed by atoms with Crippen molar-refractivity contribution in [2.45, 2.75) is 0 Å². The third-order valence-corrected chi connectivity index (χ3v) is 7.49. The van der Waals surface area contributed by atoms with Crippen molar-refractivity contribution in [1.29, 1.82) is 0 Å². The number of benzene rings is 4. The highest BCUT2D eigenvalue weighted by atomic mass is 16.5. The molecule has 14 nitrogen and oxygen atoms in total. The Bertz CT molecular complexity index is 2120. The topological polar surface area (TPSA) is 197 Å². The number of phenols is 4. The van der Waals surface area contributed by atoms with E-state index < -0.39 is 10.9 Å². The van der Waals surface area contributed by atoms with Crippen LogP contribution in [0.3, 0.4) is 0 Å². The summed E-state index contributed by atoms with van der Waals surface area (Å²) in [5.41, 5.74) is 0.264. The van der Waals surface area contributed by atoms with Gasteiger partial charge >= 0.3 is 0 Å². The summed E-state index contributed by atoms with van der Waals surface area (Å²) in [5.74, 6) is 1.75. The van der Waals surface area contributed by atoms with Crippen LogP contribution < -0.4 is 39.3 Å². The van der Waals surface area contributed by atoms with Gasteiger partial charge in [-0.25, -0.2) is 0 Å². The zero-order valence-electron chi connectivity index (χ0n) is 27.6. The van der Waals surface area contributed by atoms with Gasteiger partial charge in [-0.3, -0.25) is 9.59 Å². The number of ether oxygens (including phenoxy) is 6. The minimum atomic E-state index is -0.442. The standard InChI is InChI=1S/2C18H16O7/c2*1-22-15-4-9(5-16(23-2)18(15)24-3)13-8-12(21)17-11(20)6-10(19)7-14(17)25-13/h2*4-8,19-20H,1-3H3. The van der Waals surface area contributed by atoms with Crippen molar-refractivity contribution in [3.8, 4) is 80.1 Å². The van der Waals surface area contributed by atoms with Crippen LogP contribution >= 0.6 is 0 Å². The fourth-order valence-corrected chi connectivity index (χ4v) is 5.24. The zero-order chi connectivity index (χ0) is 36.3. The molecule has 0 atom stereocenters. The van der Waals surface area contributed by atoms with Crippen molar-refractivity contribution in [2.75, 3.05) is 42.7 Å². The lowest BCUT2D eigenvalue weighted by Crippen LogP contribution is -2.01. The average Bonchev–Trinajstić information content (AvgIpc) is 3.09. The SMILES string of the molecule is COc1cc(-c2cc(=O)c3c(O)cc(O)cc3o2)cc(OC)c1OC.COc1cc(-c2cc(=O)c3c(O)cc(O)cc3o2)cc(OC)c1OC. The Morgan fingerprint density at radius 2 is 0.760 bits per heavy atom. The Kier molecular flexibility index (Phi) is 9.83. The van der Waals surface area contributed by atoms with E-state index in [9.17, 15) is 30.0 Å². The van der Waals surface area contributed by atoms with Crippen molar-refractivity contribution in [2.24, 2.45) is 0 Å². The number of phenolic OH excluding ortho intramolecular Hbond substituents is 4. The molecule has 0 fully saturated rings. The van der Waals surface area contributed by atoms with Gasteiger partial charge in [0.15, 0.2) is 33.9 Å². The maximum atomic E-state index is 12.3. The predicted molar refractivity (Wildman–Crippen MR) is 182 cm³/mol. The first kappa shape index (κ1) is 34.6. The lowest BCUT2D eigenvalue weighted by molar-refractivity contribution is 0.324. The number of hydrogen-bond acceptors (Lipinski definition) is 14. The molecule has 0 saturated heterocycles. The van der Waals surface area contributed by atoms with E-state index >= 15 is 0 Å². The van der Waals surface area contributed by atoms with Gasteiger partial charge < -0.3 is 57.7 Å². The van der Waals surface area contributed by atoms with Gasteiger partial charge in [-0.2, -0.15) is 0 Å². The van der Waals surface area contributed by atoms with Crippen molar-refractivity contribution in [3.05, 3.63) is 81.1 Å². The van der Waals surface area contributed by atoms with Gasteiger partial charge in [0.2, 0.25) is 11.5 Å². The van der Waals surface area contributed by atoms with Crippen LogP contribution in [0.15, 0.2) is 79.1 Å². The quantitative estimate of drug-likeness (QED) is 0.150. The Labute approximate surface area is 283 Å². The first-order valence-electron chi connectivity index (χ1n) is 14.6. The van der Waals surface area contributed by atoms with Crippen molar-refractivity contribution < 1.29 is 57.7 Å². The zero-order valence-corrected chi connectivity index (χ0v) is 27.6. The van der Waals surface area contributed by atoms with E-state index in [1.165, 1.54) is 66.9 Å². The molecule has 0 radical (unpaired) electrons. The van der Waals surface area contributed by atoms with Crippen molar-refractivity contribution in [1.82, 2.24) is 0 Å². The van der Waals surface area contributed by atoms with E-state index in [-0.39, 0.29) is 56.5 Å². The Balaban J connectivity index is 0.000000194. The van der Waals surface area contributed by atoms with Crippen LogP contribution in [0, 0.1) is 0 Å². The Morgan fingerprint density at radius 1 is 0.440 bits per heavy atom.